The van der Waals surface area contributed by atoms with Gasteiger partial charge in [0.15, 0.2) is 5.78 Å². The van der Waals surface area contributed by atoms with E-state index in [2.05, 4.69) is 33.8 Å². The standard InChI is InChI=1S/C24H29NO5.C24H30O6/c1-21-6-4-14(26)19-20(29)12(9-23(19,21)11-25)17-13-3-7-24(8-5-16(28)30-24)22(13,2)10-15(27)18(17)21;1-21-7-4-14(25)10-13(21)11-15(20(27)28-3)19-16-5-8-23(9-6-18(26)30-23)22(16,2)12-17-24(19,21)29-17/h12-13,15,17-19,27H,3-10H2,1-2H3;10,15-17,19H,4-9,11-12H2,1-3H3/t12?,13?,15?,17?,18?,19?,21?,22?,23?,24-;15?,16?,17?,19?,21?,22?,23-,24?/m11/s1. The maximum Gasteiger partial charge on any atom is 0.309 e. The van der Waals surface area contributed by atoms with Crippen molar-refractivity contribution in [3.8, 4) is 6.07 Å². The fourth-order valence-corrected chi connectivity index (χ4v) is 18.4. The zero-order valence-corrected chi connectivity index (χ0v) is 35.6. The molecule has 11 fully saturated rings. The predicted octanol–water partition coefficient (Wildman–Crippen LogP) is 5.70. The van der Waals surface area contributed by atoms with Crippen LogP contribution < -0.4 is 0 Å². The molecule has 322 valence electrons. The van der Waals surface area contributed by atoms with Crippen molar-refractivity contribution in [2.24, 2.45) is 74.4 Å². The summed E-state index contributed by atoms with van der Waals surface area (Å²) < 4.78 is 23.9. The molecular formula is C48H59NO11. The van der Waals surface area contributed by atoms with Gasteiger partial charge in [-0.05, 0) is 112 Å². The van der Waals surface area contributed by atoms with Crippen LogP contribution in [-0.4, -0.2) is 76.5 Å². The maximum atomic E-state index is 13.6. The van der Waals surface area contributed by atoms with Crippen molar-refractivity contribution < 1.29 is 52.8 Å². The van der Waals surface area contributed by atoms with Crippen LogP contribution in [0.4, 0.5) is 0 Å². The summed E-state index contributed by atoms with van der Waals surface area (Å²) in [6.07, 6.45) is 11.6. The van der Waals surface area contributed by atoms with Gasteiger partial charge in [0, 0.05) is 53.8 Å². The van der Waals surface area contributed by atoms with Crippen LogP contribution in [0.15, 0.2) is 11.6 Å². The quantitative estimate of drug-likeness (QED) is 0.147. The third kappa shape index (κ3) is 4.27. The number of hydrogen-bond acceptors (Lipinski definition) is 12. The van der Waals surface area contributed by atoms with Gasteiger partial charge in [-0.3, -0.25) is 28.8 Å². The van der Waals surface area contributed by atoms with Crippen LogP contribution in [0.2, 0.25) is 0 Å². The smallest absolute Gasteiger partial charge is 0.309 e. The zero-order valence-electron chi connectivity index (χ0n) is 35.6. The molecule has 3 spiro atoms. The number of rotatable bonds is 1. The number of carbonyl (C=O) groups excluding carboxylic acids is 6. The Morgan fingerprint density at radius 3 is 2.07 bits per heavy atom. The molecule has 3 heterocycles. The summed E-state index contributed by atoms with van der Waals surface area (Å²) in [6, 6.07) is 2.47. The van der Waals surface area contributed by atoms with Crippen LogP contribution in [0.1, 0.15) is 130 Å². The fraction of sp³-hybridized carbons (Fsp3) is 0.812. The Morgan fingerprint density at radius 2 is 1.45 bits per heavy atom. The highest BCUT2D eigenvalue weighted by molar-refractivity contribution is 6.07. The SMILES string of the molecule is CC12CCC(=O)C3C(=O)C(CC31C#N)C1C2C(O)CC2(C)C1CC[C@@]21CCC(=O)O1.COC(=O)C1CC2=CC(=O)CCC2(C)C23OC2CC2(C)C(CC[C@@]24CCC(=O)O4)C13. The molecule has 0 aromatic heterocycles. The van der Waals surface area contributed by atoms with Crippen LogP contribution in [0.5, 0.6) is 0 Å². The normalized spacial score (nSPS) is 55.8. The molecule has 16 unspecified atom stereocenters. The molecule has 12 nitrogen and oxygen atoms in total. The molecule has 3 saturated heterocycles. The largest absolute Gasteiger partial charge is 0.469 e. The van der Waals surface area contributed by atoms with E-state index in [9.17, 15) is 39.1 Å². The lowest BCUT2D eigenvalue weighted by atomic mass is 9.39. The van der Waals surface area contributed by atoms with Crippen LogP contribution in [-0.2, 0) is 47.7 Å². The lowest BCUT2D eigenvalue weighted by Crippen LogP contribution is -2.65. The van der Waals surface area contributed by atoms with Gasteiger partial charge in [-0.2, -0.15) is 5.26 Å². The summed E-state index contributed by atoms with van der Waals surface area (Å²) in [5.74, 6) is -1.72. The Kier molecular flexibility index (Phi) is 7.87. The number of ketones is 3. The molecule has 12 rings (SSSR count). The molecule has 0 aromatic rings. The van der Waals surface area contributed by atoms with Gasteiger partial charge in [-0.15, -0.1) is 0 Å². The lowest BCUT2D eigenvalue weighted by Gasteiger charge is -2.64. The number of aliphatic hydroxyl groups is 1. The molecule has 18 atom stereocenters. The van der Waals surface area contributed by atoms with Crippen molar-refractivity contribution >= 4 is 35.3 Å². The molecule has 12 heteroatoms. The van der Waals surface area contributed by atoms with E-state index in [0.29, 0.717) is 57.8 Å². The van der Waals surface area contributed by atoms with Crippen LogP contribution in [0.25, 0.3) is 0 Å². The molecule has 3 aliphatic heterocycles. The summed E-state index contributed by atoms with van der Waals surface area (Å²) in [7, 11) is 1.45. The number of fused-ring (bicyclic) bond motifs is 11. The molecule has 60 heavy (non-hydrogen) atoms. The van der Waals surface area contributed by atoms with Gasteiger partial charge in [0.05, 0.1) is 42.6 Å². The van der Waals surface area contributed by atoms with Gasteiger partial charge in [0.2, 0.25) is 0 Å². The molecule has 9 aliphatic carbocycles. The first-order valence-electron chi connectivity index (χ1n) is 22.9. The van der Waals surface area contributed by atoms with E-state index >= 15 is 0 Å². The van der Waals surface area contributed by atoms with Crippen LogP contribution in [0, 0.1) is 85.7 Å². The number of aliphatic hydroxyl groups excluding tert-OH is 1. The van der Waals surface area contributed by atoms with Crippen LogP contribution in [0.3, 0.4) is 0 Å². The predicted molar refractivity (Wildman–Crippen MR) is 209 cm³/mol. The number of ether oxygens (including phenoxy) is 4. The average Bonchev–Trinajstić information content (AvgIpc) is 3.56. The minimum Gasteiger partial charge on any atom is -0.469 e. The van der Waals surface area contributed by atoms with E-state index in [1.807, 2.05) is 0 Å². The molecule has 2 bridgehead atoms. The first kappa shape index (κ1) is 39.4. The number of epoxide rings is 1. The first-order chi connectivity index (χ1) is 28.3. The molecule has 0 radical (unpaired) electrons. The summed E-state index contributed by atoms with van der Waals surface area (Å²) in [5, 5.41) is 21.9. The fourth-order valence-electron chi connectivity index (χ4n) is 18.4. The van der Waals surface area contributed by atoms with Gasteiger partial charge >= 0.3 is 17.9 Å². The molecule has 0 amide bonds. The Labute approximate surface area is 351 Å². The molecule has 12 aliphatic rings. The van der Waals surface area contributed by atoms with Gasteiger partial charge in [0.1, 0.15) is 28.4 Å². The number of esters is 3. The van der Waals surface area contributed by atoms with Crippen molar-refractivity contribution in [3.63, 3.8) is 0 Å². The second-order valence-electron chi connectivity index (χ2n) is 22.5. The maximum absolute atomic E-state index is 13.6. The van der Waals surface area contributed by atoms with E-state index in [1.165, 1.54) is 7.11 Å². The number of methoxy groups -OCH3 is 1. The number of nitriles is 1. The Bertz CT molecular complexity index is 2140. The summed E-state index contributed by atoms with van der Waals surface area (Å²) in [4.78, 5) is 75.9. The van der Waals surface area contributed by atoms with Crippen molar-refractivity contribution in [1.82, 2.24) is 0 Å². The number of nitrogens with zero attached hydrogens (tertiary/aromatic N) is 1. The highest BCUT2D eigenvalue weighted by Crippen LogP contribution is 2.79. The van der Waals surface area contributed by atoms with Gasteiger partial charge < -0.3 is 24.1 Å². The molecular weight excluding hydrogens is 767 g/mol. The second kappa shape index (κ2) is 12.0. The number of carbonyl (C=O) groups is 6. The molecule has 0 aromatic carbocycles. The lowest BCUT2D eigenvalue weighted by molar-refractivity contribution is -0.213. The zero-order chi connectivity index (χ0) is 42.4. The van der Waals surface area contributed by atoms with Crippen LogP contribution >= 0.6 is 0 Å². The minimum atomic E-state index is -0.976. The molecule has 8 saturated carbocycles. The number of Topliss-reactive ketones (excluding diaryl/α,β-unsaturated/α-hetero) is 2. The Balaban J connectivity index is 0.000000136. The van der Waals surface area contributed by atoms with Crippen molar-refractivity contribution in [3.05, 3.63) is 11.6 Å². The third-order valence-electron chi connectivity index (χ3n) is 21.2. The highest BCUT2D eigenvalue weighted by atomic mass is 16.6. The van der Waals surface area contributed by atoms with E-state index in [1.54, 1.807) is 6.08 Å². The van der Waals surface area contributed by atoms with Crippen molar-refractivity contribution in [2.45, 2.75) is 159 Å². The van der Waals surface area contributed by atoms with Crippen molar-refractivity contribution in [2.75, 3.05) is 7.11 Å². The minimum absolute atomic E-state index is 0.0303. The first-order valence-corrected chi connectivity index (χ1v) is 22.9. The van der Waals surface area contributed by atoms with Crippen molar-refractivity contribution in [1.29, 1.82) is 5.26 Å². The third-order valence-corrected chi connectivity index (χ3v) is 21.2. The van der Waals surface area contributed by atoms with E-state index < -0.39 is 39.7 Å². The monoisotopic (exact) mass is 825 g/mol. The van der Waals surface area contributed by atoms with E-state index in [0.717, 1.165) is 50.5 Å². The van der Waals surface area contributed by atoms with Gasteiger partial charge in [0.25, 0.3) is 0 Å². The Morgan fingerprint density at radius 1 is 0.800 bits per heavy atom. The van der Waals surface area contributed by atoms with Gasteiger partial charge in [-0.25, -0.2) is 0 Å². The average molecular weight is 826 g/mol. The number of hydrogen-bond donors (Lipinski definition) is 1. The second-order valence-corrected chi connectivity index (χ2v) is 22.5. The summed E-state index contributed by atoms with van der Waals surface area (Å²) >= 11 is 0. The highest BCUT2D eigenvalue weighted by Gasteiger charge is 2.84. The van der Waals surface area contributed by atoms with E-state index in [4.69, 9.17) is 18.9 Å². The molecule has 1 N–H and O–H groups in total. The Hall–Kier alpha value is -3.43. The topological polar surface area (TPSA) is 187 Å². The summed E-state index contributed by atoms with van der Waals surface area (Å²) in [6.45, 7) is 8.72. The summed E-state index contributed by atoms with van der Waals surface area (Å²) in [5.41, 5.74) is -2.61. The van der Waals surface area contributed by atoms with E-state index in [-0.39, 0.29) is 99.0 Å². The van der Waals surface area contributed by atoms with Gasteiger partial charge in [-0.1, -0.05) is 33.3 Å².